The third kappa shape index (κ3) is 4.14. The van der Waals surface area contributed by atoms with E-state index in [1.807, 2.05) is 54.6 Å². The zero-order valence-electron chi connectivity index (χ0n) is 21.6. The minimum Gasteiger partial charge on any atom is -0.297 e. The number of halogens is 1. The molecule has 198 valence electrons. The average Bonchev–Trinajstić information content (AvgIpc) is 2.94. The number of amides is 1. The van der Waals surface area contributed by atoms with Gasteiger partial charge in [0.2, 0.25) is 0 Å². The molecule has 1 aromatic heterocycles. The first kappa shape index (κ1) is 25.4. The number of carbonyl (C=O) groups is 1. The Morgan fingerprint density at radius 3 is 2.26 bits per heavy atom. The maximum Gasteiger partial charge on any atom is 0.339 e. The first-order valence-corrected chi connectivity index (χ1v) is 14.0. The van der Waals surface area contributed by atoms with Crippen LogP contribution in [0.4, 0.5) is 10.1 Å². The molecule has 0 bridgehead atoms. The molecule has 0 N–H and O–H groups in total. The number of fused-ring (bicyclic) bond motifs is 5. The molecular weight excluding hydrogens is 517 g/mol. The third-order valence-corrected chi connectivity index (χ3v) is 8.99. The Kier molecular flexibility index (Phi) is 6.10. The maximum atomic E-state index is 13.8. The lowest BCUT2D eigenvalue weighted by Crippen LogP contribution is -2.61. The van der Waals surface area contributed by atoms with Crippen molar-refractivity contribution in [3.05, 3.63) is 96.6 Å². The lowest BCUT2D eigenvalue weighted by Gasteiger charge is -2.46. The summed E-state index contributed by atoms with van der Waals surface area (Å²) < 4.78 is 46.3. The predicted molar refractivity (Wildman–Crippen MR) is 150 cm³/mol. The van der Waals surface area contributed by atoms with Crippen molar-refractivity contribution in [1.29, 1.82) is 0 Å². The van der Waals surface area contributed by atoms with E-state index in [1.54, 1.807) is 13.8 Å². The summed E-state index contributed by atoms with van der Waals surface area (Å²) in [5, 5.41) is 5.85. The van der Waals surface area contributed by atoms with Crippen LogP contribution in [0.3, 0.4) is 0 Å². The van der Waals surface area contributed by atoms with Gasteiger partial charge >= 0.3 is 10.3 Å². The van der Waals surface area contributed by atoms with Crippen molar-refractivity contribution in [2.24, 2.45) is 0 Å². The number of hydrogen-bond acceptors (Lipinski definition) is 5. The molecule has 1 fully saturated rings. The molecule has 0 spiro atoms. The van der Waals surface area contributed by atoms with Gasteiger partial charge in [-0.15, -0.1) is 0 Å². The van der Waals surface area contributed by atoms with Crippen LogP contribution in [-0.2, 0) is 19.3 Å². The van der Waals surface area contributed by atoms with Gasteiger partial charge in [-0.3, -0.25) is 14.7 Å². The zero-order chi connectivity index (χ0) is 27.5. The highest BCUT2D eigenvalue weighted by Gasteiger charge is 2.54. The Balaban J connectivity index is 1.55. The Morgan fingerprint density at radius 1 is 0.897 bits per heavy atom. The van der Waals surface area contributed by atoms with Crippen LogP contribution in [0.2, 0.25) is 0 Å². The molecule has 1 aliphatic rings. The number of benzene rings is 4. The van der Waals surface area contributed by atoms with Crippen LogP contribution in [0, 0.1) is 5.82 Å². The van der Waals surface area contributed by atoms with Crippen LogP contribution in [0.15, 0.2) is 85.1 Å². The van der Waals surface area contributed by atoms with Gasteiger partial charge in [0.15, 0.2) is 6.10 Å². The highest BCUT2D eigenvalue weighted by atomic mass is 32.2. The Labute approximate surface area is 225 Å². The third-order valence-electron chi connectivity index (χ3n) is 7.41. The second kappa shape index (κ2) is 9.37. The van der Waals surface area contributed by atoms with Crippen molar-refractivity contribution in [3.63, 3.8) is 0 Å². The minimum atomic E-state index is -4.23. The summed E-state index contributed by atoms with van der Waals surface area (Å²) >= 11 is 0. The van der Waals surface area contributed by atoms with Gasteiger partial charge in [-0.25, -0.2) is 8.57 Å². The summed E-state index contributed by atoms with van der Waals surface area (Å²) in [4.78, 5) is 19.5. The minimum absolute atomic E-state index is 0.325. The monoisotopic (exact) mass is 543 g/mol. The molecule has 1 aliphatic heterocycles. The topological polar surface area (TPSA) is 79.8 Å². The smallest absolute Gasteiger partial charge is 0.297 e. The second-order valence-electron chi connectivity index (χ2n) is 9.96. The quantitative estimate of drug-likeness (QED) is 0.202. The summed E-state index contributed by atoms with van der Waals surface area (Å²) in [6.45, 7) is 3.42. The van der Waals surface area contributed by atoms with Crippen molar-refractivity contribution in [2.75, 3.05) is 11.9 Å². The second-order valence-corrected chi connectivity index (χ2v) is 11.6. The highest BCUT2D eigenvalue weighted by molar-refractivity contribution is 7.84. The fourth-order valence-electron chi connectivity index (χ4n) is 5.17. The molecule has 7 nitrogen and oxygen atoms in total. The summed E-state index contributed by atoms with van der Waals surface area (Å²) in [5.41, 5.74) is 0.926. The predicted octanol–water partition coefficient (Wildman–Crippen LogP) is 5.74. The van der Waals surface area contributed by atoms with E-state index in [-0.39, 0.29) is 6.04 Å². The molecule has 0 radical (unpaired) electrons. The van der Waals surface area contributed by atoms with Crippen LogP contribution in [0.5, 0.6) is 0 Å². The van der Waals surface area contributed by atoms with Crippen LogP contribution in [0.25, 0.3) is 32.3 Å². The van der Waals surface area contributed by atoms with E-state index >= 15 is 0 Å². The number of carbonyl (C=O) groups excluding carboxylic acids is 1. The van der Waals surface area contributed by atoms with Gasteiger partial charge in [0.05, 0.1) is 17.6 Å². The van der Waals surface area contributed by atoms with Crippen molar-refractivity contribution >= 4 is 54.2 Å². The van der Waals surface area contributed by atoms with E-state index in [4.69, 9.17) is 4.18 Å². The molecule has 1 saturated heterocycles. The lowest BCUT2D eigenvalue weighted by atomic mass is 9.90. The highest BCUT2D eigenvalue weighted by Crippen LogP contribution is 2.46. The molecule has 2 atom stereocenters. The lowest BCUT2D eigenvalue weighted by molar-refractivity contribution is -0.135. The van der Waals surface area contributed by atoms with Crippen LogP contribution in [-0.4, -0.2) is 42.8 Å². The number of pyridine rings is 1. The van der Waals surface area contributed by atoms with Gasteiger partial charge in [0.1, 0.15) is 11.9 Å². The van der Waals surface area contributed by atoms with Crippen LogP contribution >= 0.6 is 0 Å². The van der Waals surface area contributed by atoms with Gasteiger partial charge in [0, 0.05) is 18.5 Å². The molecular formula is C30H26FN3O4S. The molecule has 0 aliphatic carbocycles. The number of rotatable bonds is 6. The number of nitrogens with zero attached hydrogens (tertiary/aromatic N) is 3. The van der Waals surface area contributed by atoms with Gasteiger partial charge in [-0.05, 0) is 59.0 Å². The van der Waals surface area contributed by atoms with Crippen molar-refractivity contribution < 1.29 is 21.8 Å². The maximum absolute atomic E-state index is 13.8. The molecule has 39 heavy (non-hydrogen) atoms. The normalized spacial score (nSPS) is 18.0. The SMILES string of the molecule is CC(C)N(C)S(=O)(=O)O[C@@H]1C(=O)N(c2cc3c4ccccc4ccc3c3ccccc23)[C@H]1c1ccc(F)cn1. The number of hydrogen-bond donors (Lipinski definition) is 0. The molecule has 6 rings (SSSR count). The molecule has 0 saturated carbocycles. The Bertz CT molecular complexity index is 1860. The molecule has 0 unspecified atom stereocenters. The van der Waals surface area contributed by atoms with Crippen molar-refractivity contribution in [3.8, 4) is 0 Å². The fourth-order valence-corrected chi connectivity index (χ4v) is 6.27. The van der Waals surface area contributed by atoms with E-state index in [0.717, 1.165) is 42.8 Å². The van der Waals surface area contributed by atoms with E-state index in [2.05, 4.69) is 17.1 Å². The summed E-state index contributed by atoms with van der Waals surface area (Å²) in [7, 11) is -2.83. The summed E-state index contributed by atoms with van der Waals surface area (Å²) in [6, 6.07) is 23.3. The Hall–Kier alpha value is -3.92. The molecule has 4 aromatic carbocycles. The number of β-lactam (4-membered cyclic amide) rings is 1. The summed E-state index contributed by atoms with van der Waals surface area (Å²) in [5.74, 6) is -1.06. The first-order valence-electron chi connectivity index (χ1n) is 12.6. The van der Waals surface area contributed by atoms with E-state index in [0.29, 0.717) is 11.4 Å². The van der Waals surface area contributed by atoms with Gasteiger partial charge in [-0.2, -0.15) is 12.7 Å². The van der Waals surface area contributed by atoms with Gasteiger partial charge in [-0.1, -0.05) is 60.7 Å². The summed E-state index contributed by atoms with van der Waals surface area (Å²) in [6.07, 6.45) is -0.301. The number of anilines is 1. The van der Waals surface area contributed by atoms with E-state index < -0.39 is 34.2 Å². The van der Waals surface area contributed by atoms with E-state index in [1.165, 1.54) is 24.1 Å². The first-order chi connectivity index (χ1) is 18.7. The molecule has 2 heterocycles. The Morgan fingerprint density at radius 2 is 1.56 bits per heavy atom. The fraction of sp³-hybridized carbons (Fsp3) is 0.200. The van der Waals surface area contributed by atoms with Gasteiger partial charge in [0.25, 0.3) is 5.91 Å². The molecule has 9 heteroatoms. The molecule has 1 amide bonds. The van der Waals surface area contributed by atoms with Crippen LogP contribution < -0.4 is 4.90 Å². The van der Waals surface area contributed by atoms with E-state index in [9.17, 15) is 17.6 Å². The number of aromatic nitrogens is 1. The molecule has 5 aromatic rings. The van der Waals surface area contributed by atoms with Crippen molar-refractivity contribution in [2.45, 2.75) is 32.0 Å². The largest absolute Gasteiger partial charge is 0.339 e. The van der Waals surface area contributed by atoms with Gasteiger partial charge < -0.3 is 0 Å². The standard InChI is InChI=1S/C30H26FN3O4S/c1-18(2)33(3)39(36,37)38-29-28(26-15-13-20(31)17-32-26)34(30(29)35)27-16-25-21-9-5-4-8-19(21)12-14-23(25)22-10-6-7-11-24(22)27/h4-18,28-29H,1-3H3/t28-,29-/m0/s1. The average molecular weight is 544 g/mol. The van der Waals surface area contributed by atoms with Crippen molar-refractivity contribution in [1.82, 2.24) is 9.29 Å². The zero-order valence-corrected chi connectivity index (χ0v) is 22.4. The van der Waals surface area contributed by atoms with Crippen LogP contribution in [0.1, 0.15) is 25.6 Å².